The number of anilines is 2. The van der Waals surface area contributed by atoms with E-state index in [1.165, 1.54) is 24.2 Å². The first-order valence-corrected chi connectivity index (χ1v) is 10.4. The van der Waals surface area contributed by atoms with Gasteiger partial charge >= 0.3 is 0 Å². The first kappa shape index (κ1) is 17.3. The molecule has 5 rings (SSSR count). The highest BCUT2D eigenvalue weighted by molar-refractivity contribution is 7.13. The van der Waals surface area contributed by atoms with Crippen LogP contribution in [0.15, 0.2) is 24.0 Å². The summed E-state index contributed by atoms with van der Waals surface area (Å²) in [5.41, 5.74) is 2.29. The van der Waals surface area contributed by atoms with E-state index >= 15 is 0 Å². The highest BCUT2D eigenvalue weighted by Crippen LogP contribution is 2.42. The number of nitrogens with zero attached hydrogens (tertiary/aromatic N) is 5. The Balaban J connectivity index is 1.61. The number of thiazole rings is 1. The van der Waals surface area contributed by atoms with Gasteiger partial charge in [-0.1, -0.05) is 6.92 Å². The molecule has 1 amide bonds. The monoisotopic (exact) mass is 395 g/mol. The van der Waals surface area contributed by atoms with E-state index < -0.39 is 0 Å². The fourth-order valence-corrected chi connectivity index (χ4v) is 4.55. The van der Waals surface area contributed by atoms with Gasteiger partial charge in [-0.2, -0.15) is 5.10 Å². The summed E-state index contributed by atoms with van der Waals surface area (Å²) in [5.74, 6) is 2.01. The summed E-state index contributed by atoms with van der Waals surface area (Å²) >= 11 is 1.53. The highest BCUT2D eigenvalue weighted by atomic mass is 32.1. The molecule has 1 fully saturated rings. The molecule has 0 saturated heterocycles. The number of aromatic nitrogens is 5. The molecule has 0 radical (unpaired) electrons. The van der Waals surface area contributed by atoms with Crippen LogP contribution < -0.4 is 10.2 Å². The molecule has 1 unspecified atom stereocenters. The predicted octanol–water partition coefficient (Wildman–Crippen LogP) is 3.33. The van der Waals surface area contributed by atoms with Crippen LogP contribution in [0.1, 0.15) is 33.1 Å². The summed E-state index contributed by atoms with van der Waals surface area (Å²) < 4.78 is 0. The maximum atomic E-state index is 12.6. The van der Waals surface area contributed by atoms with Crippen LogP contribution in [0.4, 0.5) is 11.5 Å². The lowest BCUT2D eigenvalue weighted by Gasteiger charge is -2.40. The fraction of sp³-hybridized carbons (Fsp3) is 0.421. The molecule has 2 aliphatic rings. The van der Waals surface area contributed by atoms with Crippen molar-refractivity contribution < 1.29 is 4.79 Å². The Hall–Kier alpha value is -2.81. The lowest BCUT2D eigenvalue weighted by atomic mass is 10.0. The number of carbonyl (C=O) groups excluding carboxylic acids is 1. The molecule has 1 aliphatic heterocycles. The fourth-order valence-electron chi connectivity index (χ4n) is 3.91. The average Bonchev–Trinajstić information content (AvgIpc) is 3.20. The van der Waals surface area contributed by atoms with Crippen molar-refractivity contribution in [1.82, 2.24) is 25.1 Å². The molecule has 3 aromatic heterocycles. The maximum Gasteiger partial charge on any atom is 0.247 e. The van der Waals surface area contributed by atoms with Crippen molar-refractivity contribution >= 4 is 28.7 Å². The number of hydrogen-bond acceptors (Lipinski definition) is 7. The number of carbonyl (C=O) groups is 1. The third kappa shape index (κ3) is 2.77. The van der Waals surface area contributed by atoms with Crippen LogP contribution >= 0.6 is 11.3 Å². The van der Waals surface area contributed by atoms with Crippen molar-refractivity contribution in [1.29, 1.82) is 0 Å². The van der Waals surface area contributed by atoms with E-state index in [4.69, 9.17) is 4.98 Å². The molecule has 9 heteroatoms. The van der Waals surface area contributed by atoms with E-state index in [1.807, 2.05) is 12.3 Å². The van der Waals surface area contributed by atoms with Crippen molar-refractivity contribution in [3.05, 3.63) is 24.0 Å². The normalized spacial score (nSPS) is 20.0. The molecule has 28 heavy (non-hydrogen) atoms. The van der Waals surface area contributed by atoms with E-state index in [9.17, 15) is 4.79 Å². The minimum atomic E-state index is -0.214. The van der Waals surface area contributed by atoms with Crippen LogP contribution in [0.3, 0.4) is 0 Å². The number of rotatable bonds is 5. The van der Waals surface area contributed by atoms with E-state index in [2.05, 4.69) is 37.3 Å². The second-order valence-corrected chi connectivity index (χ2v) is 8.22. The molecule has 0 spiro atoms. The lowest BCUT2D eigenvalue weighted by Crippen LogP contribution is -2.52. The molecule has 3 aromatic rings. The number of amides is 1. The van der Waals surface area contributed by atoms with Gasteiger partial charge in [-0.25, -0.2) is 15.0 Å². The molecule has 2 N–H and O–H groups in total. The van der Waals surface area contributed by atoms with E-state index in [-0.39, 0.29) is 18.0 Å². The summed E-state index contributed by atoms with van der Waals surface area (Å²) in [7, 11) is 0. The van der Waals surface area contributed by atoms with Gasteiger partial charge in [-0.3, -0.25) is 9.89 Å². The van der Waals surface area contributed by atoms with Crippen LogP contribution in [0, 0.1) is 5.92 Å². The molecular formula is C19H21N7OS. The van der Waals surface area contributed by atoms with Crippen molar-refractivity contribution in [2.45, 2.75) is 45.2 Å². The highest BCUT2D eigenvalue weighted by Gasteiger charge is 2.41. The van der Waals surface area contributed by atoms with Crippen LogP contribution in [0.5, 0.6) is 0 Å². The number of nitrogens with one attached hydrogen (secondary N) is 2. The Labute approximate surface area is 166 Å². The zero-order valence-corrected chi connectivity index (χ0v) is 16.5. The summed E-state index contributed by atoms with van der Waals surface area (Å²) in [6.45, 7) is 4.24. The van der Waals surface area contributed by atoms with E-state index in [1.54, 1.807) is 18.6 Å². The first-order valence-electron chi connectivity index (χ1n) is 9.57. The Bertz CT molecular complexity index is 1010. The minimum absolute atomic E-state index is 0.0191. The molecule has 1 saturated carbocycles. The number of H-pyrrole nitrogens is 1. The van der Waals surface area contributed by atoms with Crippen molar-refractivity contribution in [2.24, 2.45) is 5.92 Å². The summed E-state index contributed by atoms with van der Waals surface area (Å²) in [4.78, 5) is 28.6. The Kier molecular flexibility index (Phi) is 4.12. The third-order valence-electron chi connectivity index (χ3n) is 5.57. The van der Waals surface area contributed by atoms with Gasteiger partial charge in [0.1, 0.15) is 22.4 Å². The second-order valence-electron chi connectivity index (χ2n) is 7.33. The molecule has 2 atom stereocenters. The van der Waals surface area contributed by atoms with Gasteiger partial charge in [0.15, 0.2) is 11.6 Å². The number of fused-ring (bicyclic) bond motifs is 1. The summed E-state index contributed by atoms with van der Waals surface area (Å²) in [6, 6.07) is 0.0499. The largest absolute Gasteiger partial charge is 0.340 e. The lowest BCUT2D eigenvalue weighted by molar-refractivity contribution is -0.117. The Morgan fingerprint density at radius 3 is 2.89 bits per heavy atom. The number of hydrogen-bond donors (Lipinski definition) is 2. The predicted molar refractivity (Wildman–Crippen MR) is 108 cm³/mol. The summed E-state index contributed by atoms with van der Waals surface area (Å²) in [6.07, 6.45) is 8.34. The van der Waals surface area contributed by atoms with Crippen LogP contribution in [-0.4, -0.2) is 43.1 Å². The van der Waals surface area contributed by atoms with E-state index in [0.29, 0.717) is 17.4 Å². The molecule has 0 bridgehead atoms. The van der Waals surface area contributed by atoms with E-state index in [0.717, 1.165) is 28.5 Å². The zero-order valence-electron chi connectivity index (χ0n) is 15.7. The first-order chi connectivity index (χ1) is 13.7. The van der Waals surface area contributed by atoms with Crippen LogP contribution in [-0.2, 0) is 4.79 Å². The quantitative estimate of drug-likeness (QED) is 0.687. The number of aromatic amines is 1. The van der Waals surface area contributed by atoms with Crippen molar-refractivity contribution in [3.63, 3.8) is 0 Å². The topological polar surface area (TPSA) is 99.7 Å². The van der Waals surface area contributed by atoms with Crippen LogP contribution in [0.2, 0.25) is 0 Å². The van der Waals surface area contributed by atoms with Gasteiger partial charge in [0.25, 0.3) is 0 Å². The van der Waals surface area contributed by atoms with Gasteiger partial charge in [0, 0.05) is 17.6 Å². The zero-order chi connectivity index (χ0) is 19.3. The SMILES string of the molecule is CC[C@@H]1C(=O)Nc2cnc(-c3cn[nH]c3-c3nccs3)nc2N1C(C)C1CC1. The van der Waals surface area contributed by atoms with Gasteiger partial charge in [-0.15, -0.1) is 11.3 Å². The van der Waals surface area contributed by atoms with Gasteiger partial charge in [-0.05, 0) is 32.1 Å². The molecule has 144 valence electrons. The smallest absolute Gasteiger partial charge is 0.247 e. The molecule has 8 nitrogen and oxygen atoms in total. The Morgan fingerprint density at radius 1 is 1.32 bits per heavy atom. The van der Waals surface area contributed by atoms with Gasteiger partial charge in [0.2, 0.25) is 5.91 Å². The average molecular weight is 395 g/mol. The maximum absolute atomic E-state index is 12.6. The van der Waals surface area contributed by atoms with Crippen LogP contribution in [0.25, 0.3) is 22.1 Å². The Morgan fingerprint density at radius 2 is 2.18 bits per heavy atom. The van der Waals surface area contributed by atoms with Crippen molar-refractivity contribution in [2.75, 3.05) is 10.2 Å². The van der Waals surface area contributed by atoms with Gasteiger partial charge < -0.3 is 10.2 Å². The molecule has 1 aliphatic carbocycles. The molecule has 0 aromatic carbocycles. The standard InChI is InChI=1S/C19H21N7OS/c1-3-14-18(27)23-13-9-21-16(24-17(13)26(14)10(2)11-4-5-11)12-8-22-25-15(12)19-20-6-7-28-19/h6-11,14H,3-5H2,1-2H3,(H,22,25)(H,23,27)/t10?,14-/m1/s1. The van der Waals surface area contributed by atoms with Crippen molar-refractivity contribution in [3.8, 4) is 22.1 Å². The molecular weight excluding hydrogens is 374 g/mol. The third-order valence-corrected chi connectivity index (χ3v) is 6.36. The van der Waals surface area contributed by atoms with Gasteiger partial charge in [0.05, 0.1) is 18.0 Å². The summed E-state index contributed by atoms with van der Waals surface area (Å²) in [5, 5.41) is 12.9. The second kappa shape index (κ2) is 6.66. The molecule has 4 heterocycles. The minimum Gasteiger partial charge on any atom is -0.340 e.